The molecule has 0 unspecified atom stereocenters. The van der Waals surface area contributed by atoms with Gasteiger partial charge in [-0.2, -0.15) is 0 Å². The van der Waals surface area contributed by atoms with E-state index in [4.69, 9.17) is 0 Å². The summed E-state index contributed by atoms with van der Waals surface area (Å²) >= 11 is 0. The highest BCUT2D eigenvalue weighted by Gasteiger charge is 2.30. The third-order valence-corrected chi connectivity index (χ3v) is 6.07. The predicted molar refractivity (Wildman–Crippen MR) is 97.9 cm³/mol. The molecule has 0 saturated heterocycles. The fourth-order valence-electron chi connectivity index (χ4n) is 3.11. The van der Waals surface area contributed by atoms with Crippen molar-refractivity contribution < 1.29 is 17.4 Å². The maximum Gasteiger partial charge on any atom is 0.264 e. The van der Waals surface area contributed by atoms with Crippen molar-refractivity contribution in [2.24, 2.45) is 0 Å². The minimum atomic E-state index is -4.03. The Morgan fingerprint density at radius 1 is 1.21 bits per heavy atom. The first-order chi connectivity index (χ1) is 14.0. The molecule has 1 N–H and O–H groups in total. The second-order valence-electron chi connectivity index (χ2n) is 6.76. The number of fused-ring (bicyclic) bond motifs is 1. The molecule has 2 heterocycles. The molecule has 0 atom stereocenters. The van der Waals surface area contributed by atoms with Gasteiger partial charge in [0.1, 0.15) is 16.2 Å². The molecule has 0 radical (unpaired) electrons. The van der Waals surface area contributed by atoms with Gasteiger partial charge in [-0.15, -0.1) is 5.10 Å². The molecule has 1 aliphatic carbocycles. The Hall–Kier alpha value is -3.41. The molecule has 0 bridgehead atoms. The van der Waals surface area contributed by atoms with Gasteiger partial charge in [-0.3, -0.25) is 4.72 Å². The molecule has 1 aliphatic rings. The van der Waals surface area contributed by atoms with E-state index in [-0.39, 0.29) is 28.6 Å². The second-order valence-corrected chi connectivity index (χ2v) is 8.41. The Bertz CT molecular complexity index is 1310. The fourth-order valence-corrected chi connectivity index (χ4v) is 4.36. The van der Waals surface area contributed by atoms with Crippen LogP contribution in [-0.2, 0) is 16.6 Å². The van der Waals surface area contributed by atoms with E-state index in [0.717, 1.165) is 12.8 Å². The zero-order chi connectivity index (χ0) is 20.0. The predicted octanol–water partition coefficient (Wildman–Crippen LogP) is 2.07. The van der Waals surface area contributed by atoms with Crippen LogP contribution in [0.15, 0.2) is 45.9 Å². The summed E-state index contributed by atoms with van der Waals surface area (Å²) in [6.45, 7) is 0.129. The lowest BCUT2D eigenvalue weighted by Gasteiger charge is -2.13. The van der Waals surface area contributed by atoms with Crippen molar-refractivity contribution in [2.75, 3.05) is 4.72 Å². The van der Waals surface area contributed by atoms with Gasteiger partial charge in [0.2, 0.25) is 0 Å². The van der Waals surface area contributed by atoms with E-state index in [2.05, 4.69) is 35.2 Å². The van der Waals surface area contributed by atoms with E-state index in [0.29, 0.717) is 16.9 Å². The number of anilines is 1. The molecule has 0 amide bonds. The van der Waals surface area contributed by atoms with Crippen LogP contribution in [0.5, 0.6) is 0 Å². The largest absolute Gasteiger partial charge is 0.279 e. The van der Waals surface area contributed by atoms with Gasteiger partial charge in [-0.05, 0) is 63.9 Å². The summed E-state index contributed by atoms with van der Waals surface area (Å²) in [6, 6.07) is 8.32. The molecule has 1 saturated carbocycles. The van der Waals surface area contributed by atoms with Crippen LogP contribution in [0.2, 0.25) is 0 Å². The van der Waals surface area contributed by atoms with Crippen LogP contribution in [0.3, 0.4) is 0 Å². The van der Waals surface area contributed by atoms with Crippen LogP contribution < -0.4 is 4.72 Å². The topological polar surface area (TPSA) is 129 Å². The van der Waals surface area contributed by atoms with Crippen molar-refractivity contribution in [3.05, 3.63) is 53.6 Å². The molecule has 1 fully saturated rings. The second kappa shape index (κ2) is 6.58. The summed E-state index contributed by atoms with van der Waals surface area (Å²) in [5, 5.41) is 19.0. The molecule has 4 aromatic rings. The standard InChI is InChI=1S/C17H14FN7O3S/c18-12-6-7-13(11(8-12)9-25-17(10-4-5-10)19-23-24-25)22-29(26,27)15-3-1-2-14-16(15)21-28-20-14/h1-3,6-8,10,22H,4-5,9H2. The Morgan fingerprint density at radius 2 is 2.07 bits per heavy atom. The van der Waals surface area contributed by atoms with Crippen molar-refractivity contribution in [1.29, 1.82) is 0 Å². The lowest BCUT2D eigenvalue weighted by atomic mass is 10.2. The first-order valence-electron chi connectivity index (χ1n) is 8.80. The third-order valence-electron chi connectivity index (χ3n) is 4.67. The van der Waals surface area contributed by atoms with Crippen molar-refractivity contribution in [3.63, 3.8) is 0 Å². The number of benzene rings is 2. The van der Waals surface area contributed by atoms with Gasteiger partial charge in [0.15, 0.2) is 11.3 Å². The van der Waals surface area contributed by atoms with E-state index in [1.165, 1.54) is 30.3 Å². The van der Waals surface area contributed by atoms with Gasteiger partial charge in [0.25, 0.3) is 10.0 Å². The zero-order valence-electron chi connectivity index (χ0n) is 14.9. The van der Waals surface area contributed by atoms with Gasteiger partial charge in [-0.25, -0.2) is 22.1 Å². The van der Waals surface area contributed by atoms with Gasteiger partial charge < -0.3 is 0 Å². The zero-order valence-corrected chi connectivity index (χ0v) is 15.7. The minimum absolute atomic E-state index is 0.0902. The van der Waals surface area contributed by atoms with Gasteiger partial charge in [-0.1, -0.05) is 6.07 Å². The first kappa shape index (κ1) is 17.7. The molecule has 0 aliphatic heterocycles. The number of tetrazole rings is 1. The monoisotopic (exact) mass is 415 g/mol. The molecule has 29 heavy (non-hydrogen) atoms. The summed E-state index contributed by atoms with van der Waals surface area (Å²) in [7, 11) is -4.03. The summed E-state index contributed by atoms with van der Waals surface area (Å²) in [5.41, 5.74) is 1.04. The summed E-state index contributed by atoms with van der Waals surface area (Å²) < 4.78 is 48.6. The highest BCUT2D eigenvalue weighted by Crippen LogP contribution is 2.38. The molecule has 2 aromatic heterocycles. The minimum Gasteiger partial charge on any atom is -0.279 e. The van der Waals surface area contributed by atoms with E-state index >= 15 is 0 Å². The van der Waals surface area contributed by atoms with E-state index < -0.39 is 15.8 Å². The van der Waals surface area contributed by atoms with Crippen molar-refractivity contribution >= 4 is 26.7 Å². The van der Waals surface area contributed by atoms with E-state index in [1.54, 1.807) is 10.7 Å². The van der Waals surface area contributed by atoms with Crippen LogP contribution in [-0.4, -0.2) is 38.9 Å². The average molecular weight is 415 g/mol. The number of halogens is 1. The molecular weight excluding hydrogens is 401 g/mol. The van der Waals surface area contributed by atoms with E-state index in [9.17, 15) is 12.8 Å². The highest BCUT2D eigenvalue weighted by atomic mass is 32.2. The smallest absolute Gasteiger partial charge is 0.264 e. The molecule has 0 spiro atoms. The van der Waals surface area contributed by atoms with Crippen molar-refractivity contribution in [2.45, 2.75) is 30.2 Å². The molecule has 10 nitrogen and oxygen atoms in total. The maximum atomic E-state index is 13.9. The Morgan fingerprint density at radius 3 is 2.90 bits per heavy atom. The van der Waals surface area contributed by atoms with Gasteiger partial charge >= 0.3 is 0 Å². The molecular formula is C17H14FN7O3S. The molecule has 5 rings (SSSR count). The highest BCUT2D eigenvalue weighted by molar-refractivity contribution is 7.93. The number of hydrogen-bond donors (Lipinski definition) is 1. The quantitative estimate of drug-likeness (QED) is 0.507. The number of aromatic nitrogens is 6. The third kappa shape index (κ3) is 3.31. The first-order valence-corrected chi connectivity index (χ1v) is 10.3. The Balaban J connectivity index is 1.51. The number of nitrogens with zero attached hydrogens (tertiary/aromatic N) is 6. The molecule has 2 aromatic carbocycles. The molecule has 148 valence electrons. The Labute approximate surface area is 163 Å². The van der Waals surface area contributed by atoms with E-state index in [1.807, 2.05) is 0 Å². The lowest BCUT2D eigenvalue weighted by molar-refractivity contribution is 0.315. The van der Waals surface area contributed by atoms with Crippen molar-refractivity contribution in [1.82, 2.24) is 30.5 Å². The average Bonchev–Trinajstić information content (AvgIpc) is 3.23. The van der Waals surface area contributed by atoms with Crippen LogP contribution in [0.1, 0.15) is 30.1 Å². The number of rotatable bonds is 6. The van der Waals surface area contributed by atoms with Crippen LogP contribution in [0.25, 0.3) is 11.0 Å². The number of sulfonamides is 1. The van der Waals surface area contributed by atoms with Crippen molar-refractivity contribution in [3.8, 4) is 0 Å². The molecule has 12 heteroatoms. The van der Waals surface area contributed by atoms with Crippen LogP contribution >= 0.6 is 0 Å². The van der Waals surface area contributed by atoms with Crippen LogP contribution in [0.4, 0.5) is 10.1 Å². The summed E-state index contributed by atoms with van der Waals surface area (Å²) in [4.78, 5) is -0.0902. The van der Waals surface area contributed by atoms with Gasteiger partial charge in [0, 0.05) is 11.5 Å². The Kier molecular flexibility index (Phi) is 4.01. The number of hydrogen-bond acceptors (Lipinski definition) is 8. The maximum absolute atomic E-state index is 13.9. The van der Waals surface area contributed by atoms with Crippen LogP contribution in [0, 0.1) is 5.82 Å². The SMILES string of the molecule is O=S(=O)(Nc1ccc(F)cc1Cn1nnnc1C1CC1)c1cccc2nonc12. The van der Waals surface area contributed by atoms with Gasteiger partial charge in [0.05, 0.1) is 12.2 Å². The summed E-state index contributed by atoms with van der Waals surface area (Å²) in [6.07, 6.45) is 2.00. The normalized spacial score (nSPS) is 14.4. The number of nitrogens with one attached hydrogen (secondary N) is 1. The fraction of sp³-hybridized carbons (Fsp3) is 0.235. The lowest BCUT2D eigenvalue weighted by Crippen LogP contribution is -2.16. The summed E-state index contributed by atoms with van der Waals surface area (Å²) in [5.74, 6) is 0.504.